The fraction of sp³-hybridized carbons (Fsp3) is 0.375. The summed E-state index contributed by atoms with van der Waals surface area (Å²) >= 11 is 3.11. The van der Waals surface area contributed by atoms with Crippen LogP contribution in [-0.4, -0.2) is 6.54 Å². The highest BCUT2D eigenvalue weighted by Crippen LogP contribution is 2.28. The summed E-state index contributed by atoms with van der Waals surface area (Å²) in [6, 6.07) is 4.34. The zero-order valence-electron chi connectivity index (χ0n) is 12.1. The maximum Gasteiger partial charge on any atom is 0.143 e. The Kier molecular flexibility index (Phi) is 5.53. The van der Waals surface area contributed by atoms with Crippen molar-refractivity contribution in [3.63, 3.8) is 0 Å². The molecule has 0 spiro atoms. The van der Waals surface area contributed by atoms with E-state index in [1.165, 1.54) is 12.1 Å². The van der Waals surface area contributed by atoms with E-state index in [-0.39, 0.29) is 22.5 Å². The van der Waals surface area contributed by atoms with Crippen LogP contribution in [0.25, 0.3) is 0 Å². The number of aryl methyl sites for hydroxylation is 1. The molecule has 0 saturated heterocycles. The lowest BCUT2D eigenvalue weighted by Gasteiger charge is -2.19. The summed E-state index contributed by atoms with van der Waals surface area (Å²) in [5.74, 6) is -0.226. The second kappa shape index (κ2) is 7.18. The van der Waals surface area contributed by atoms with Gasteiger partial charge in [-0.3, -0.25) is 0 Å². The lowest BCUT2D eigenvalue weighted by molar-refractivity contribution is 0.472. The summed E-state index contributed by atoms with van der Waals surface area (Å²) < 4.78 is 33.8. The Hall–Kier alpha value is -1.20. The van der Waals surface area contributed by atoms with E-state index in [4.69, 9.17) is 4.42 Å². The Morgan fingerprint density at radius 2 is 2.00 bits per heavy atom. The van der Waals surface area contributed by atoms with Crippen molar-refractivity contribution in [3.05, 3.63) is 57.5 Å². The molecule has 1 aromatic carbocycles. The number of likely N-dealkylation sites (N-methyl/N-ethyl adjacent to an activating group) is 1. The van der Waals surface area contributed by atoms with Crippen molar-refractivity contribution in [2.24, 2.45) is 0 Å². The molecule has 0 fully saturated rings. The van der Waals surface area contributed by atoms with Gasteiger partial charge < -0.3 is 9.73 Å². The average Bonchev–Trinajstić information content (AvgIpc) is 2.95. The first-order valence-electron chi connectivity index (χ1n) is 7.00. The van der Waals surface area contributed by atoms with E-state index in [1.807, 2.05) is 19.9 Å². The van der Waals surface area contributed by atoms with E-state index in [0.29, 0.717) is 6.54 Å². The van der Waals surface area contributed by atoms with Gasteiger partial charge in [0.05, 0.1) is 10.7 Å². The Bertz CT molecular complexity index is 612. The summed E-state index contributed by atoms with van der Waals surface area (Å²) in [7, 11) is 0. The second-order valence-electron chi connectivity index (χ2n) is 4.79. The van der Waals surface area contributed by atoms with Crippen molar-refractivity contribution < 1.29 is 13.2 Å². The van der Waals surface area contributed by atoms with Crippen LogP contribution in [-0.2, 0) is 12.8 Å². The van der Waals surface area contributed by atoms with Gasteiger partial charge in [-0.15, -0.1) is 0 Å². The van der Waals surface area contributed by atoms with Crippen LogP contribution in [0.2, 0.25) is 0 Å². The molecule has 0 aliphatic heterocycles. The van der Waals surface area contributed by atoms with Crippen LogP contribution in [0.5, 0.6) is 0 Å². The Morgan fingerprint density at radius 3 is 2.67 bits per heavy atom. The van der Waals surface area contributed by atoms with Gasteiger partial charge >= 0.3 is 0 Å². The zero-order chi connectivity index (χ0) is 15.4. The average molecular weight is 358 g/mol. The third-order valence-corrected chi connectivity index (χ3v) is 4.09. The summed E-state index contributed by atoms with van der Waals surface area (Å²) in [5, 5.41) is 3.27. The first-order valence-corrected chi connectivity index (χ1v) is 7.79. The molecule has 2 rings (SSSR count). The minimum Gasteiger partial charge on any atom is -0.469 e. The van der Waals surface area contributed by atoms with Gasteiger partial charge in [-0.2, -0.15) is 0 Å². The van der Waals surface area contributed by atoms with Gasteiger partial charge in [0.1, 0.15) is 17.4 Å². The number of furan rings is 1. The Balaban J connectivity index is 2.35. The van der Waals surface area contributed by atoms with E-state index in [1.54, 1.807) is 6.26 Å². The van der Waals surface area contributed by atoms with Crippen LogP contribution in [0.4, 0.5) is 8.78 Å². The molecule has 0 saturated carbocycles. The van der Waals surface area contributed by atoms with Crippen LogP contribution in [0, 0.1) is 11.6 Å². The Morgan fingerprint density at radius 1 is 1.24 bits per heavy atom. The Labute approximate surface area is 131 Å². The molecule has 1 unspecified atom stereocenters. The fourth-order valence-electron chi connectivity index (χ4n) is 2.45. The maximum atomic E-state index is 14.1. The molecule has 0 amide bonds. The number of halogens is 3. The van der Waals surface area contributed by atoms with Gasteiger partial charge in [0.15, 0.2) is 0 Å². The summed E-state index contributed by atoms with van der Waals surface area (Å²) in [6.45, 7) is 4.66. The van der Waals surface area contributed by atoms with E-state index in [0.717, 1.165) is 17.7 Å². The fourth-order valence-corrected chi connectivity index (χ4v) is 2.82. The van der Waals surface area contributed by atoms with Gasteiger partial charge in [0, 0.05) is 23.6 Å². The van der Waals surface area contributed by atoms with Gasteiger partial charge in [0.2, 0.25) is 0 Å². The molecule has 21 heavy (non-hydrogen) atoms. The largest absolute Gasteiger partial charge is 0.469 e. The highest BCUT2D eigenvalue weighted by Gasteiger charge is 2.21. The molecular formula is C16H18BrF2NO. The molecule has 1 N–H and O–H groups in total. The number of benzene rings is 1. The topological polar surface area (TPSA) is 25.2 Å². The van der Waals surface area contributed by atoms with Crippen LogP contribution in [0.15, 0.2) is 33.4 Å². The normalized spacial score (nSPS) is 12.6. The van der Waals surface area contributed by atoms with Crippen molar-refractivity contribution in [1.82, 2.24) is 5.32 Å². The highest BCUT2D eigenvalue weighted by atomic mass is 79.9. The predicted octanol–water partition coefficient (Wildman–Crippen LogP) is 4.78. The van der Waals surface area contributed by atoms with Crippen molar-refractivity contribution in [2.45, 2.75) is 32.7 Å². The monoisotopic (exact) mass is 357 g/mol. The van der Waals surface area contributed by atoms with E-state index < -0.39 is 11.6 Å². The molecule has 1 aromatic heterocycles. The van der Waals surface area contributed by atoms with E-state index in [9.17, 15) is 8.78 Å². The maximum absolute atomic E-state index is 14.1. The number of rotatable bonds is 6. The highest BCUT2D eigenvalue weighted by molar-refractivity contribution is 9.10. The van der Waals surface area contributed by atoms with Crippen molar-refractivity contribution in [2.75, 3.05) is 6.54 Å². The molecule has 0 aliphatic rings. The van der Waals surface area contributed by atoms with Crippen LogP contribution in [0.3, 0.4) is 0 Å². The summed E-state index contributed by atoms with van der Waals surface area (Å²) in [4.78, 5) is 0. The van der Waals surface area contributed by atoms with E-state index in [2.05, 4.69) is 21.2 Å². The SMILES string of the molecule is CCNC(Cc1c(F)ccc(Br)c1F)c1ccoc1CC. The van der Waals surface area contributed by atoms with Crippen molar-refractivity contribution >= 4 is 15.9 Å². The van der Waals surface area contributed by atoms with Crippen LogP contribution in [0.1, 0.15) is 36.8 Å². The van der Waals surface area contributed by atoms with E-state index >= 15 is 0 Å². The van der Waals surface area contributed by atoms with Crippen molar-refractivity contribution in [3.8, 4) is 0 Å². The molecule has 1 atom stereocenters. The van der Waals surface area contributed by atoms with Gasteiger partial charge in [0.25, 0.3) is 0 Å². The first-order chi connectivity index (χ1) is 10.1. The number of hydrogen-bond donors (Lipinski definition) is 1. The zero-order valence-corrected chi connectivity index (χ0v) is 13.6. The summed E-state index contributed by atoms with van der Waals surface area (Å²) in [5.41, 5.74) is 1.04. The van der Waals surface area contributed by atoms with Crippen molar-refractivity contribution in [1.29, 1.82) is 0 Å². The van der Waals surface area contributed by atoms with Gasteiger partial charge in [-0.1, -0.05) is 13.8 Å². The van der Waals surface area contributed by atoms with Gasteiger partial charge in [-0.05, 0) is 47.1 Å². The quantitative estimate of drug-likeness (QED) is 0.752. The molecule has 0 aliphatic carbocycles. The molecular weight excluding hydrogens is 340 g/mol. The minimum atomic E-state index is -0.542. The summed E-state index contributed by atoms with van der Waals surface area (Å²) in [6.07, 6.45) is 2.59. The van der Waals surface area contributed by atoms with Gasteiger partial charge in [-0.25, -0.2) is 8.78 Å². The molecule has 2 aromatic rings. The smallest absolute Gasteiger partial charge is 0.143 e. The lowest BCUT2D eigenvalue weighted by Crippen LogP contribution is -2.24. The molecule has 0 radical (unpaired) electrons. The predicted molar refractivity (Wildman–Crippen MR) is 82.3 cm³/mol. The second-order valence-corrected chi connectivity index (χ2v) is 5.64. The minimum absolute atomic E-state index is 0.0820. The number of hydrogen-bond acceptors (Lipinski definition) is 2. The molecule has 114 valence electrons. The molecule has 2 nitrogen and oxygen atoms in total. The molecule has 5 heteroatoms. The third-order valence-electron chi connectivity index (χ3n) is 3.47. The molecule has 0 bridgehead atoms. The number of nitrogens with one attached hydrogen (secondary N) is 1. The van der Waals surface area contributed by atoms with Crippen LogP contribution < -0.4 is 5.32 Å². The standard InChI is InChI=1S/C16H18BrF2NO/c1-3-15-10(7-8-21-15)14(20-4-2)9-11-13(18)6-5-12(17)16(11)19/h5-8,14,20H,3-4,9H2,1-2H3. The first kappa shape index (κ1) is 16.2. The third kappa shape index (κ3) is 3.52. The van der Waals surface area contributed by atoms with Crippen LogP contribution >= 0.6 is 15.9 Å². The molecule has 1 heterocycles. The lowest BCUT2D eigenvalue weighted by atomic mass is 9.97.